The van der Waals surface area contributed by atoms with Gasteiger partial charge < -0.3 is 15.8 Å². The average molecular weight is 357 g/mol. The summed E-state index contributed by atoms with van der Waals surface area (Å²) in [5.41, 5.74) is 6.83. The molecule has 3 N–H and O–H groups in total. The molecular formula is C18H27N7O. The van der Waals surface area contributed by atoms with E-state index in [0.29, 0.717) is 11.8 Å². The molecule has 0 amide bonds. The monoisotopic (exact) mass is 357 g/mol. The molecule has 0 aliphatic carbocycles. The summed E-state index contributed by atoms with van der Waals surface area (Å²) in [5.74, 6) is 1.41. The average Bonchev–Trinajstić information content (AvgIpc) is 2.66. The van der Waals surface area contributed by atoms with Crippen LogP contribution in [-0.4, -0.2) is 71.2 Å². The molecule has 1 atom stereocenters. The standard InChI is InChI=1S/C18H27N7O/c1-14(25-10-8-24(9-11-25)12-13-26-2)16-21-17(19)23-18(22-16)20-15-6-4-3-5-7-15/h3-7,14H,8-13H2,1-2H3,(H3,19,20,21,22,23)/t14-/m0/s1. The number of hydrogen-bond donors (Lipinski definition) is 2. The number of nitrogens with one attached hydrogen (secondary N) is 1. The molecule has 1 aliphatic rings. The Kier molecular flexibility index (Phi) is 6.32. The summed E-state index contributed by atoms with van der Waals surface area (Å²) in [4.78, 5) is 17.9. The number of anilines is 3. The predicted octanol–water partition coefficient (Wildman–Crippen LogP) is 1.52. The Morgan fingerprint density at radius 3 is 2.54 bits per heavy atom. The molecule has 1 aliphatic heterocycles. The Labute approximate surface area is 154 Å². The van der Waals surface area contributed by atoms with E-state index in [1.54, 1.807) is 7.11 Å². The van der Waals surface area contributed by atoms with Crippen molar-refractivity contribution in [3.8, 4) is 0 Å². The van der Waals surface area contributed by atoms with E-state index < -0.39 is 0 Å². The summed E-state index contributed by atoms with van der Waals surface area (Å²) < 4.78 is 5.16. The van der Waals surface area contributed by atoms with Crippen molar-refractivity contribution < 1.29 is 4.74 Å². The second-order valence-corrected chi connectivity index (χ2v) is 6.41. The summed E-state index contributed by atoms with van der Waals surface area (Å²) in [7, 11) is 1.74. The molecule has 0 unspecified atom stereocenters. The molecule has 26 heavy (non-hydrogen) atoms. The molecule has 140 valence electrons. The summed E-state index contributed by atoms with van der Waals surface area (Å²) in [6, 6.07) is 9.89. The number of nitrogen functional groups attached to an aromatic ring is 1. The van der Waals surface area contributed by atoms with Crippen molar-refractivity contribution in [2.75, 3.05) is 57.5 Å². The molecule has 8 nitrogen and oxygen atoms in total. The maximum absolute atomic E-state index is 5.91. The molecule has 1 fully saturated rings. The summed E-state index contributed by atoms with van der Waals surface area (Å²) in [6.45, 7) is 7.84. The lowest BCUT2D eigenvalue weighted by molar-refractivity contribution is 0.0766. The number of rotatable bonds is 7. The molecule has 0 bridgehead atoms. The van der Waals surface area contributed by atoms with E-state index in [4.69, 9.17) is 10.5 Å². The quantitative estimate of drug-likeness (QED) is 0.771. The van der Waals surface area contributed by atoms with Gasteiger partial charge in [-0.15, -0.1) is 0 Å². The Morgan fingerprint density at radius 1 is 1.12 bits per heavy atom. The molecule has 0 radical (unpaired) electrons. The van der Waals surface area contributed by atoms with Crippen molar-refractivity contribution in [2.24, 2.45) is 0 Å². The van der Waals surface area contributed by atoms with Gasteiger partial charge in [-0.25, -0.2) is 0 Å². The molecule has 0 spiro atoms. The lowest BCUT2D eigenvalue weighted by Crippen LogP contribution is -2.48. The van der Waals surface area contributed by atoms with Crippen molar-refractivity contribution in [1.29, 1.82) is 0 Å². The van der Waals surface area contributed by atoms with Gasteiger partial charge in [-0.05, 0) is 19.1 Å². The van der Waals surface area contributed by atoms with Gasteiger partial charge in [0.15, 0.2) is 5.82 Å². The second-order valence-electron chi connectivity index (χ2n) is 6.41. The SMILES string of the molecule is COCCN1CCN([C@@H](C)c2nc(N)nc(Nc3ccccc3)n2)CC1. The number of piperazine rings is 1. The van der Waals surface area contributed by atoms with Gasteiger partial charge in [0, 0.05) is 45.5 Å². The minimum atomic E-state index is 0.0844. The first kappa shape index (κ1) is 18.5. The van der Waals surface area contributed by atoms with Gasteiger partial charge in [-0.1, -0.05) is 18.2 Å². The van der Waals surface area contributed by atoms with E-state index >= 15 is 0 Å². The highest BCUT2D eigenvalue weighted by atomic mass is 16.5. The maximum atomic E-state index is 5.91. The summed E-state index contributed by atoms with van der Waals surface area (Å²) in [5, 5.41) is 3.19. The molecule has 8 heteroatoms. The number of ether oxygens (including phenoxy) is 1. The normalized spacial score (nSPS) is 17.2. The van der Waals surface area contributed by atoms with Gasteiger partial charge >= 0.3 is 0 Å². The maximum Gasteiger partial charge on any atom is 0.232 e. The fraction of sp³-hybridized carbons (Fsp3) is 0.500. The van der Waals surface area contributed by atoms with Crippen molar-refractivity contribution in [3.63, 3.8) is 0 Å². The second kappa shape index (κ2) is 8.88. The van der Waals surface area contributed by atoms with E-state index in [2.05, 4.69) is 37.0 Å². The molecule has 2 heterocycles. The molecule has 1 aromatic heterocycles. The minimum Gasteiger partial charge on any atom is -0.383 e. The Hall–Kier alpha value is -2.29. The van der Waals surface area contributed by atoms with Crippen LogP contribution in [0.1, 0.15) is 18.8 Å². The van der Waals surface area contributed by atoms with Crippen LogP contribution in [0.15, 0.2) is 30.3 Å². The van der Waals surface area contributed by atoms with E-state index in [1.165, 1.54) is 0 Å². The van der Waals surface area contributed by atoms with Crippen LogP contribution in [0.25, 0.3) is 0 Å². The van der Waals surface area contributed by atoms with Crippen LogP contribution in [0.5, 0.6) is 0 Å². The van der Waals surface area contributed by atoms with Crippen LogP contribution in [0, 0.1) is 0 Å². The molecule has 2 aromatic rings. The predicted molar refractivity (Wildman–Crippen MR) is 102 cm³/mol. The van der Waals surface area contributed by atoms with E-state index in [0.717, 1.165) is 45.0 Å². The smallest absolute Gasteiger partial charge is 0.232 e. The number of nitrogens with zero attached hydrogens (tertiary/aromatic N) is 5. The number of methoxy groups -OCH3 is 1. The topological polar surface area (TPSA) is 92.4 Å². The molecule has 1 aromatic carbocycles. The number of benzene rings is 1. The molecule has 1 saturated heterocycles. The van der Waals surface area contributed by atoms with Crippen LogP contribution in [0.4, 0.5) is 17.6 Å². The number of hydrogen-bond acceptors (Lipinski definition) is 8. The van der Waals surface area contributed by atoms with Crippen molar-refractivity contribution in [1.82, 2.24) is 24.8 Å². The lowest BCUT2D eigenvalue weighted by atomic mass is 10.2. The molecular weight excluding hydrogens is 330 g/mol. The first-order chi connectivity index (χ1) is 12.7. The number of nitrogens with two attached hydrogens (primary N) is 1. The minimum absolute atomic E-state index is 0.0844. The van der Waals surface area contributed by atoms with Crippen LogP contribution in [0.2, 0.25) is 0 Å². The van der Waals surface area contributed by atoms with Crippen LogP contribution in [0.3, 0.4) is 0 Å². The highest BCUT2D eigenvalue weighted by Crippen LogP contribution is 2.21. The molecule has 0 saturated carbocycles. The lowest BCUT2D eigenvalue weighted by Gasteiger charge is -2.37. The zero-order valence-corrected chi connectivity index (χ0v) is 15.4. The zero-order valence-electron chi connectivity index (χ0n) is 15.4. The van der Waals surface area contributed by atoms with Crippen molar-refractivity contribution in [2.45, 2.75) is 13.0 Å². The van der Waals surface area contributed by atoms with Gasteiger partial charge in [0.2, 0.25) is 11.9 Å². The van der Waals surface area contributed by atoms with Gasteiger partial charge in [0.1, 0.15) is 0 Å². The van der Waals surface area contributed by atoms with Gasteiger partial charge in [-0.3, -0.25) is 9.80 Å². The highest BCUT2D eigenvalue weighted by molar-refractivity contribution is 5.53. The first-order valence-electron chi connectivity index (χ1n) is 8.94. The van der Waals surface area contributed by atoms with Crippen LogP contribution in [-0.2, 0) is 4.74 Å². The fourth-order valence-electron chi connectivity index (χ4n) is 3.06. The van der Waals surface area contributed by atoms with E-state index in [1.807, 2.05) is 30.3 Å². The number of aromatic nitrogens is 3. The van der Waals surface area contributed by atoms with Gasteiger partial charge in [0.05, 0.1) is 12.6 Å². The fourth-order valence-corrected chi connectivity index (χ4v) is 3.06. The third-order valence-electron chi connectivity index (χ3n) is 4.64. The summed E-state index contributed by atoms with van der Waals surface area (Å²) in [6.07, 6.45) is 0. The Bertz CT molecular complexity index is 689. The van der Waals surface area contributed by atoms with Crippen molar-refractivity contribution >= 4 is 17.6 Å². The van der Waals surface area contributed by atoms with Gasteiger partial charge in [0.25, 0.3) is 0 Å². The number of para-hydroxylation sites is 1. The van der Waals surface area contributed by atoms with Crippen LogP contribution >= 0.6 is 0 Å². The Morgan fingerprint density at radius 2 is 1.85 bits per heavy atom. The first-order valence-corrected chi connectivity index (χ1v) is 8.94. The van der Waals surface area contributed by atoms with E-state index in [9.17, 15) is 0 Å². The zero-order chi connectivity index (χ0) is 18.4. The third-order valence-corrected chi connectivity index (χ3v) is 4.64. The summed E-state index contributed by atoms with van der Waals surface area (Å²) >= 11 is 0. The Balaban J connectivity index is 1.65. The van der Waals surface area contributed by atoms with E-state index in [-0.39, 0.29) is 12.0 Å². The largest absolute Gasteiger partial charge is 0.383 e. The van der Waals surface area contributed by atoms with Gasteiger partial charge in [-0.2, -0.15) is 15.0 Å². The molecule has 3 rings (SSSR count). The van der Waals surface area contributed by atoms with Crippen LogP contribution < -0.4 is 11.1 Å². The highest BCUT2D eigenvalue weighted by Gasteiger charge is 2.24. The van der Waals surface area contributed by atoms with Crippen molar-refractivity contribution in [3.05, 3.63) is 36.2 Å². The third kappa shape index (κ3) is 4.87.